The van der Waals surface area contributed by atoms with Crippen LogP contribution in [0.4, 0.5) is 0 Å². The molecule has 0 aliphatic heterocycles. The summed E-state index contributed by atoms with van der Waals surface area (Å²) in [6.07, 6.45) is 10.7. The lowest BCUT2D eigenvalue weighted by molar-refractivity contribution is 0.438. The zero-order valence-electron chi connectivity index (χ0n) is 5.75. The van der Waals surface area contributed by atoms with Gasteiger partial charge in [0.2, 0.25) is 0 Å². The first-order valence-corrected chi connectivity index (χ1v) is 3.78. The van der Waals surface area contributed by atoms with Crippen molar-refractivity contribution < 1.29 is 0 Å². The van der Waals surface area contributed by atoms with Gasteiger partial charge in [0, 0.05) is 0 Å². The number of rotatable bonds is 1. The van der Waals surface area contributed by atoms with E-state index in [-0.39, 0.29) is 0 Å². The second kappa shape index (κ2) is 1.73. The van der Waals surface area contributed by atoms with E-state index >= 15 is 0 Å². The molecule has 0 spiro atoms. The minimum atomic E-state index is 0.792. The van der Waals surface area contributed by atoms with Crippen molar-refractivity contribution in [3.63, 3.8) is 0 Å². The van der Waals surface area contributed by atoms with Gasteiger partial charge < -0.3 is 0 Å². The minimum absolute atomic E-state index is 0.792. The standard InChI is InChI=1S/C9H12/c1-2-9-7-3-4-8(9)6-5-7/h3-9H,2H2,1H3. The normalized spacial score (nSPS) is 44.8. The third kappa shape index (κ3) is 0.592. The molecular weight excluding hydrogens is 108 g/mol. The molecule has 0 aromatic carbocycles. The van der Waals surface area contributed by atoms with Gasteiger partial charge in [-0.1, -0.05) is 37.6 Å². The molecule has 0 unspecified atom stereocenters. The number of hydrogen-bond donors (Lipinski definition) is 0. The highest BCUT2D eigenvalue weighted by atomic mass is 14.3. The molecule has 0 saturated carbocycles. The molecule has 0 N–H and O–H groups in total. The van der Waals surface area contributed by atoms with Crippen molar-refractivity contribution in [2.45, 2.75) is 13.3 Å². The summed E-state index contributed by atoms with van der Waals surface area (Å²) in [6, 6.07) is 0. The summed E-state index contributed by atoms with van der Waals surface area (Å²) in [5.74, 6) is 2.50. The zero-order valence-corrected chi connectivity index (χ0v) is 5.75. The molecule has 0 heterocycles. The van der Waals surface area contributed by atoms with Crippen LogP contribution in [0.25, 0.3) is 0 Å². The van der Waals surface area contributed by atoms with Crippen molar-refractivity contribution in [2.75, 3.05) is 0 Å². The van der Waals surface area contributed by atoms with E-state index in [0.29, 0.717) is 0 Å². The summed E-state index contributed by atoms with van der Waals surface area (Å²) in [5.41, 5.74) is 0. The molecule has 0 amide bonds. The maximum absolute atomic E-state index is 2.35. The molecule has 0 aromatic rings. The fourth-order valence-corrected chi connectivity index (χ4v) is 2.01. The quantitative estimate of drug-likeness (QED) is 0.466. The van der Waals surface area contributed by atoms with Gasteiger partial charge in [-0.05, 0) is 17.8 Å². The average Bonchev–Trinajstić information content (AvgIpc) is 2.44. The molecule has 2 rings (SSSR count). The van der Waals surface area contributed by atoms with Crippen LogP contribution < -0.4 is 0 Å². The van der Waals surface area contributed by atoms with Gasteiger partial charge in [-0.3, -0.25) is 0 Å². The van der Waals surface area contributed by atoms with Crippen molar-refractivity contribution >= 4 is 0 Å². The Hall–Kier alpha value is -0.520. The molecular formula is C9H12. The monoisotopic (exact) mass is 120 g/mol. The van der Waals surface area contributed by atoms with Crippen molar-refractivity contribution in [3.05, 3.63) is 24.3 Å². The number of allylic oxidation sites excluding steroid dienone is 4. The summed E-state index contributed by atoms with van der Waals surface area (Å²) in [5, 5.41) is 0. The third-order valence-corrected chi connectivity index (χ3v) is 2.57. The van der Waals surface area contributed by atoms with Crippen LogP contribution in [-0.4, -0.2) is 0 Å². The maximum Gasteiger partial charge on any atom is -0.00163 e. The second-order valence-electron chi connectivity index (χ2n) is 3.00. The summed E-state index contributed by atoms with van der Waals surface area (Å²) in [4.78, 5) is 0. The Bertz CT molecular complexity index is 135. The van der Waals surface area contributed by atoms with Crippen LogP contribution in [0.1, 0.15) is 13.3 Å². The Kier molecular flexibility index (Phi) is 1.01. The Balaban J connectivity index is 2.20. The lowest BCUT2D eigenvalue weighted by Crippen LogP contribution is -2.05. The van der Waals surface area contributed by atoms with Crippen LogP contribution >= 0.6 is 0 Å². The first kappa shape index (κ1) is 5.28. The molecule has 9 heavy (non-hydrogen) atoms. The van der Waals surface area contributed by atoms with E-state index in [0.717, 1.165) is 17.8 Å². The molecule has 2 aliphatic carbocycles. The van der Waals surface area contributed by atoms with Gasteiger partial charge in [0.1, 0.15) is 0 Å². The van der Waals surface area contributed by atoms with Crippen LogP contribution in [0.3, 0.4) is 0 Å². The Labute approximate surface area is 56.3 Å². The molecule has 0 nitrogen and oxygen atoms in total. The van der Waals surface area contributed by atoms with Gasteiger partial charge in [-0.25, -0.2) is 0 Å². The number of hydrogen-bond acceptors (Lipinski definition) is 0. The highest BCUT2D eigenvalue weighted by Gasteiger charge is 2.31. The zero-order chi connectivity index (χ0) is 6.27. The van der Waals surface area contributed by atoms with E-state index < -0.39 is 0 Å². The molecule has 0 atom stereocenters. The fraction of sp³-hybridized carbons (Fsp3) is 0.556. The third-order valence-electron chi connectivity index (χ3n) is 2.57. The second-order valence-corrected chi connectivity index (χ2v) is 3.00. The van der Waals surface area contributed by atoms with Gasteiger partial charge in [0.15, 0.2) is 0 Å². The van der Waals surface area contributed by atoms with Crippen LogP contribution in [0.15, 0.2) is 24.3 Å². The topological polar surface area (TPSA) is 0 Å². The Morgan fingerprint density at radius 1 is 1.00 bits per heavy atom. The SMILES string of the molecule is CCC1C2C=CC1C=C2. The first-order chi connectivity index (χ1) is 4.42. The van der Waals surface area contributed by atoms with Crippen LogP contribution in [0, 0.1) is 17.8 Å². The summed E-state index contributed by atoms with van der Waals surface area (Å²) in [6.45, 7) is 2.28. The molecule has 2 aliphatic rings. The highest BCUT2D eigenvalue weighted by Crippen LogP contribution is 2.40. The summed E-state index contributed by atoms with van der Waals surface area (Å²) >= 11 is 0. The molecule has 48 valence electrons. The summed E-state index contributed by atoms with van der Waals surface area (Å²) in [7, 11) is 0. The van der Waals surface area contributed by atoms with Gasteiger partial charge in [-0.15, -0.1) is 0 Å². The van der Waals surface area contributed by atoms with Crippen molar-refractivity contribution in [1.29, 1.82) is 0 Å². The molecule has 2 bridgehead atoms. The lowest BCUT2D eigenvalue weighted by Gasteiger charge is -2.11. The molecule has 0 radical (unpaired) electrons. The average molecular weight is 120 g/mol. The van der Waals surface area contributed by atoms with E-state index in [4.69, 9.17) is 0 Å². The van der Waals surface area contributed by atoms with Crippen molar-refractivity contribution in [3.8, 4) is 0 Å². The largest absolute Gasteiger partial charge is 0.0807 e. The van der Waals surface area contributed by atoms with E-state index in [2.05, 4.69) is 31.2 Å². The lowest BCUT2D eigenvalue weighted by atomic mass is 9.93. The molecule has 0 aromatic heterocycles. The van der Waals surface area contributed by atoms with Crippen LogP contribution in [0.2, 0.25) is 0 Å². The first-order valence-electron chi connectivity index (χ1n) is 3.78. The summed E-state index contributed by atoms with van der Waals surface area (Å²) < 4.78 is 0. The maximum atomic E-state index is 2.35. The van der Waals surface area contributed by atoms with Crippen LogP contribution in [0.5, 0.6) is 0 Å². The predicted octanol–water partition coefficient (Wildman–Crippen LogP) is 2.38. The number of fused-ring (bicyclic) bond motifs is 2. The van der Waals surface area contributed by atoms with E-state index in [1.807, 2.05) is 0 Å². The molecule has 0 fully saturated rings. The highest BCUT2D eigenvalue weighted by molar-refractivity contribution is 5.24. The van der Waals surface area contributed by atoms with Crippen LogP contribution in [-0.2, 0) is 0 Å². The van der Waals surface area contributed by atoms with Gasteiger partial charge >= 0.3 is 0 Å². The van der Waals surface area contributed by atoms with E-state index in [1.165, 1.54) is 6.42 Å². The van der Waals surface area contributed by atoms with Crippen molar-refractivity contribution in [2.24, 2.45) is 17.8 Å². The van der Waals surface area contributed by atoms with Gasteiger partial charge in [0.05, 0.1) is 0 Å². The van der Waals surface area contributed by atoms with E-state index in [1.54, 1.807) is 0 Å². The fourth-order valence-electron chi connectivity index (χ4n) is 2.01. The van der Waals surface area contributed by atoms with Gasteiger partial charge in [-0.2, -0.15) is 0 Å². The van der Waals surface area contributed by atoms with E-state index in [9.17, 15) is 0 Å². The smallest absolute Gasteiger partial charge is 0.00163 e. The Morgan fingerprint density at radius 3 is 1.67 bits per heavy atom. The van der Waals surface area contributed by atoms with Gasteiger partial charge in [0.25, 0.3) is 0 Å². The van der Waals surface area contributed by atoms with Crippen molar-refractivity contribution in [1.82, 2.24) is 0 Å². The predicted molar refractivity (Wildman–Crippen MR) is 39.0 cm³/mol. The molecule has 0 saturated heterocycles. The Morgan fingerprint density at radius 2 is 1.44 bits per heavy atom. The molecule has 0 heteroatoms. The minimum Gasteiger partial charge on any atom is -0.0807 e.